The zero-order valence-electron chi connectivity index (χ0n) is 14.2. The number of aromatic nitrogens is 1. The molecule has 0 aliphatic carbocycles. The second-order valence-corrected chi connectivity index (χ2v) is 7.06. The number of amides is 2. The highest BCUT2D eigenvalue weighted by Crippen LogP contribution is 2.27. The molecular weight excluding hydrogens is 336 g/mol. The molecule has 0 aromatic carbocycles. The molecule has 0 spiro atoms. The van der Waals surface area contributed by atoms with Crippen LogP contribution in [0.5, 0.6) is 0 Å². The molecule has 1 aliphatic heterocycles. The van der Waals surface area contributed by atoms with Gasteiger partial charge in [-0.05, 0) is 55.9 Å². The first-order valence-corrected chi connectivity index (χ1v) is 9.29. The second kappa shape index (κ2) is 8.22. The number of hydrogen-bond acceptors (Lipinski definition) is 5. The van der Waals surface area contributed by atoms with Crippen molar-refractivity contribution in [2.24, 2.45) is 5.92 Å². The summed E-state index contributed by atoms with van der Waals surface area (Å²) in [7, 11) is 1.96. The Hall–Kier alpha value is -2.25. The van der Waals surface area contributed by atoms with Crippen LogP contribution in [0.2, 0.25) is 0 Å². The molecule has 2 amide bonds. The predicted octanol–water partition coefficient (Wildman–Crippen LogP) is 2.47. The van der Waals surface area contributed by atoms with Crippen LogP contribution in [0, 0.1) is 5.92 Å². The maximum Gasteiger partial charge on any atom is 0.266 e. The number of rotatable bonds is 5. The fourth-order valence-electron chi connectivity index (χ4n) is 3.04. The van der Waals surface area contributed by atoms with Gasteiger partial charge in [0.1, 0.15) is 4.88 Å². The van der Waals surface area contributed by atoms with Crippen molar-refractivity contribution in [3.05, 3.63) is 46.4 Å². The third-order valence-corrected chi connectivity index (χ3v) is 5.35. The standard InChI is InChI=1S/C18H22N4O2S/c1-19-12-13-4-9-22(10-5-13)18(24)16-15(6-11-25-16)21-17(23)14-2-7-20-8-3-14/h2-3,6-8,11,13,19H,4-5,9-10,12H2,1H3,(H,21,23). The number of carbonyl (C=O) groups excluding carboxylic acids is 2. The molecule has 25 heavy (non-hydrogen) atoms. The molecule has 2 N–H and O–H groups in total. The monoisotopic (exact) mass is 358 g/mol. The van der Waals surface area contributed by atoms with Crippen molar-refractivity contribution in [2.45, 2.75) is 12.8 Å². The maximum atomic E-state index is 12.8. The van der Waals surface area contributed by atoms with E-state index in [2.05, 4.69) is 15.6 Å². The third-order valence-electron chi connectivity index (χ3n) is 4.44. The number of carbonyl (C=O) groups is 2. The van der Waals surface area contributed by atoms with Crippen molar-refractivity contribution in [1.29, 1.82) is 0 Å². The maximum absolute atomic E-state index is 12.8. The summed E-state index contributed by atoms with van der Waals surface area (Å²) in [5, 5.41) is 7.88. The summed E-state index contributed by atoms with van der Waals surface area (Å²) in [5.41, 5.74) is 1.10. The van der Waals surface area contributed by atoms with Gasteiger partial charge < -0.3 is 15.5 Å². The highest BCUT2D eigenvalue weighted by molar-refractivity contribution is 7.12. The van der Waals surface area contributed by atoms with Crippen LogP contribution in [-0.2, 0) is 0 Å². The lowest BCUT2D eigenvalue weighted by Crippen LogP contribution is -2.40. The van der Waals surface area contributed by atoms with Crippen LogP contribution in [0.25, 0.3) is 0 Å². The summed E-state index contributed by atoms with van der Waals surface area (Å²) in [6, 6.07) is 5.08. The first kappa shape index (κ1) is 17.6. The summed E-state index contributed by atoms with van der Waals surface area (Å²) >= 11 is 1.37. The topological polar surface area (TPSA) is 74.3 Å². The van der Waals surface area contributed by atoms with E-state index in [0.717, 1.165) is 32.5 Å². The molecule has 3 rings (SSSR count). The summed E-state index contributed by atoms with van der Waals surface area (Å²) < 4.78 is 0. The highest BCUT2D eigenvalue weighted by Gasteiger charge is 2.26. The van der Waals surface area contributed by atoms with Crippen molar-refractivity contribution in [3.8, 4) is 0 Å². The van der Waals surface area contributed by atoms with Crippen LogP contribution >= 0.6 is 11.3 Å². The van der Waals surface area contributed by atoms with Crippen LogP contribution in [-0.4, -0.2) is 48.4 Å². The zero-order chi connectivity index (χ0) is 17.6. The number of nitrogens with zero attached hydrogens (tertiary/aromatic N) is 2. The van der Waals surface area contributed by atoms with Gasteiger partial charge in [0.15, 0.2) is 0 Å². The molecule has 0 bridgehead atoms. The van der Waals surface area contributed by atoms with E-state index in [1.165, 1.54) is 11.3 Å². The highest BCUT2D eigenvalue weighted by atomic mass is 32.1. The van der Waals surface area contributed by atoms with Crippen molar-refractivity contribution in [2.75, 3.05) is 32.0 Å². The molecule has 2 aromatic rings. The Labute approximate surface area is 151 Å². The lowest BCUT2D eigenvalue weighted by molar-refractivity contribution is 0.0697. The average molecular weight is 358 g/mol. The predicted molar refractivity (Wildman–Crippen MR) is 99.1 cm³/mol. The summed E-state index contributed by atoms with van der Waals surface area (Å²) in [6.45, 7) is 2.52. The number of hydrogen-bond donors (Lipinski definition) is 2. The molecule has 1 aliphatic rings. The van der Waals surface area contributed by atoms with Gasteiger partial charge in [0.05, 0.1) is 5.69 Å². The van der Waals surface area contributed by atoms with E-state index in [1.54, 1.807) is 30.6 Å². The van der Waals surface area contributed by atoms with Gasteiger partial charge in [0.2, 0.25) is 0 Å². The van der Waals surface area contributed by atoms with E-state index in [0.29, 0.717) is 22.0 Å². The summed E-state index contributed by atoms with van der Waals surface area (Å²) in [5.74, 6) is 0.397. The van der Waals surface area contributed by atoms with E-state index < -0.39 is 0 Å². The summed E-state index contributed by atoms with van der Waals surface area (Å²) in [4.78, 5) is 31.5. The fourth-order valence-corrected chi connectivity index (χ4v) is 3.86. The number of thiophene rings is 1. The van der Waals surface area contributed by atoms with Crippen LogP contribution in [0.4, 0.5) is 5.69 Å². The molecule has 0 radical (unpaired) electrons. The Balaban J connectivity index is 1.65. The van der Waals surface area contributed by atoms with Crippen molar-refractivity contribution < 1.29 is 9.59 Å². The molecule has 1 fully saturated rings. The third kappa shape index (κ3) is 4.24. The number of nitrogens with one attached hydrogen (secondary N) is 2. The number of pyridine rings is 1. The number of piperidine rings is 1. The van der Waals surface area contributed by atoms with Crippen LogP contribution in [0.15, 0.2) is 36.0 Å². The zero-order valence-corrected chi connectivity index (χ0v) is 15.0. The average Bonchev–Trinajstić information content (AvgIpc) is 3.11. The van der Waals surface area contributed by atoms with Gasteiger partial charge >= 0.3 is 0 Å². The molecule has 3 heterocycles. The minimum atomic E-state index is -0.234. The van der Waals surface area contributed by atoms with E-state index in [-0.39, 0.29) is 11.8 Å². The molecule has 2 aromatic heterocycles. The fraction of sp³-hybridized carbons (Fsp3) is 0.389. The summed E-state index contributed by atoms with van der Waals surface area (Å²) in [6.07, 6.45) is 5.17. The van der Waals surface area contributed by atoms with Crippen molar-refractivity contribution >= 4 is 28.8 Å². The number of anilines is 1. The number of likely N-dealkylation sites (tertiary alicyclic amines) is 1. The molecule has 1 saturated heterocycles. The van der Waals surface area contributed by atoms with Crippen LogP contribution in [0.3, 0.4) is 0 Å². The van der Waals surface area contributed by atoms with Gasteiger partial charge in [0, 0.05) is 31.0 Å². The largest absolute Gasteiger partial charge is 0.338 e. The van der Waals surface area contributed by atoms with Gasteiger partial charge in [-0.25, -0.2) is 0 Å². The van der Waals surface area contributed by atoms with Gasteiger partial charge in [-0.1, -0.05) is 0 Å². The molecule has 6 nitrogen and oxygen atoms in total. The Bertz CT molecular complexity index is 724. The Morgan fingerprint density at radius 1 is 1.24 bits per heavy atom. The molecular formula is C18H22N4O2S. The minimum absolute atomic E-state index is 0.00272. The lowest BCUT2D eigenvalue weighted by Gasteiger charge is -2.31. The molecule has 132 valence electrons. The van der Waals surface area contributed by atoms with E-state index in [4.69, 9.17) is 0 Å². The molecule has 0 saturated carbocycles. The first-order chi connectivity index (χ1) is 12.2. The SMILES string of the molecule is CNCC1CCN(C(=O)c2sccc2NC(=O)c2ccncc2)CC1. The van der Waals surface area contributed by atoms with Gasteiger partial charge in [0.25, 0.3) is 11.8 Å². The quantitative estimate of drug-likeness (QED) is 0.861. The Kier molecular flexibility index (Phi) is 5.78. The van der Waals surface area contributed by atoms with Gasteiger partial charge in [-0.2, -0.15) is 0 Å². The minimum Gasteiger partial charge on any atom is -0.338 e. The van der Waals surface area contributed by atoms with Crippen molar-refractivity contribution in [1.82, 2.24) is 15.2 Å². The Morgan fingerprint density at radius 2 is 1.96 bits per heavy atom. The van der Waals surface area contributed by atoms with E-state index >= 15 is 0 Å². The Morgan fingerprint density at radius 3 is 2.64 bits per heavy atom. The first-order valence-electron chi connectivity index (χ1n) is 8.41. The lowest BCUT2D eigenvalue weighted by atomic mass is 9.97. The van der Waals surface area contributed by atoms with E-state index in [9.17, 15) is 9.59 Å². The van der Waals surface area contributed by atoms with Crippen LogP contribution in [0.1, 0.15) is 32.9 Å². The van der Waals surface area contributed by atoms with Gasteiger partial charge in [-0.15, -0.1) is 11.3 Å². The molecule has 0 unspecified atom stereocenters. The smallest absolute Gasteiger partial charge is 0.266 e. The second-order valence-electron chi connectivity index (χ2n) is 6.15. The normalized spacial score (nSPS) is 15.2. The van der Waals surface area contributed by atoms with Gasteiger partial charge in [-0.3, -0.25) is 14.6 Å². The van der Waals surface area contributed by atoms with E-state index in [1.807, 2.05) is 17.3 Å². The van der Waals surface area contributed by atoms with Crippen molar-refractivity contribution in [3.63, 3.8) is 0 Å². The molecule has 7 heteroatoms. The van der Waals surface area contributed by atoms with Crippen LogP contribution < -0.4 is 10.6 Å². The molecule has 0 atom stereocenters.